The van der Waals surface area contributed by atoms with Crippen LogP contribution in [0, 0.1) is 0 Å². The summed E-state index contributed by atoms with van der Waals surface area (Å²) in [5.74, 6) is 1.28. The van der Waals surface area contributed by atoms with Crippen LogP contribution in [0.4, 0.5) is 19.0 Å². The van der Waals surface area contributed by atoms with E-state index in [1.807, 2.05) is 30.3 Å². The van der Waals surface area contributed by atoms with Crippen molar-refractivity contribution < 1.29 is 13.2 Å². The number of halogens is 3. The lowest BCUT2D eigenvalue weighted by Crippen LogP contribution is -2.11. The van der Waals surface area contributed by atoms with Crippen molar-refractivity contribution in [2.45, 2.75) is 17.5 Å². The summed E-state index contributed by atoms with van der Waals surface area (Å²) in [7, 11) is 0. The highest BCUT2D eigenvalue weighted by atomic mass is 32.2. The molecule has 7 heteroatoms. The van der Waals surface area contributed by atoms with Crippen molar-refractivity contribution in [3.05, 3.63) is 48.2 Å². The summed E-state index contributed by atoms with van der Waals surface area (Å²) in [6.45, 7) is 0.639. The second-order valence-corrected chi connectivity index (χ2v) is 5.41. The van der Waals surface area contributed by atoms with Crippen molar-refractivity contribution >= 4 is 17.6 Å². The molecule has 112 valence electrons. The third kappa shape index (κ3) is 5.26. The van der Waals surface area contributed by atoms with Crippen LogP contribution >= 0.6 is 11.8 Å². The number of benzene rings is 1. The Kier molecular flexibility index (Phi) is 5.44. The molecule has 0 atom stereocenters. The normalized spacial score (nSPS) is 11.4. The molecule has 2 aromatic rings. The van der Waals surface area contributed by atoms with Gasteiger partial charge in [-0.1, -0.05) is 18.2 Å². The van der Waals surface area contributed by atoms with Crippen LogP contribution in [0.2, 0.25) is 0 Å². The first-order chi connectivity index (χ1) is 10.1. The third-order valence-corrected chi connectivity index (χ3v) is 3.69. The van der Waals surface area contributed by atoms with Gasteiger partial charge in [-0.3, -0.25) is 0 Å². The number of alkyl halides is 3. The van der Waals surface area contributed by atoms with Crippen LogP contribution in [0.5, 0.6) is 0 Å². The summed E-state index contributed by atoms with van der Waals surface area (Å²) < 4.78 is 36.9. The lowest BCUT2D eigenvalue weighted by atomic mass is 10.3. The maximum atomic E-state index is 12.3. The molecule has 0 unspecified atom stereocenters. The van der Waals surface area contributed by atoms with Crippen LogP contribution in [0.15, 0.2) is 47.4 Å². The molecule has 0 aliphatic heterocycles. The molecule has 0 radical (unpaired) electrons. The van der Waals surface area contributed by atoms with Gasteiger partial charge in [0, 0.05) is 11.4 Å². The first-order valence-corrected chi connectivity index (χ1v) is 7.37. The van der Waals surface area contributed by atoms with E-state index in [2.05, 4.69) is 15.5 Å². The van der Waals surface area contributed by atoms with Gasteiger partial charge in [-0.15, -0.1) is 22.0 Å². The molecule has 0 saturated heterocycles. The van der Waals surface area contributed by atoms with Crippen LogP contribution in [0.3, 0.4) is 0 Å². The van der Waals surface area contributed by atoms with E-state index < -0.39 is 11.9 Å². The fourth-order valence-electron chi connectivity index (χ4n) is 1.57. The predicted octanol–water partition coefficient (Wildman–Crippen LogP) is 4.09. The van der Waals surface area contributed by atoms with Gasteiger partial charge < -0.3 is 5.32 Å². The van der Waals surface area contributed by atoms with Gasteiger partial charge in [0.25, 0.3) is 0 Å². The minimum absolute atomic E-state index is 0.354. The quantitative estimate of drug-likeness (QED) is 0.644. The van der Waals surface area contributed by atoms with E-state index in [-0.39, 0.29) is 0 Å². The number of thioether (sulfide) groups is 1. The largest absolute Gasteiger partial charge is 0.435 e. The zero-order valence-electron chi connectivity index (χ0n) is 11.1. The van der Waals surface area contributed by atoms with Gasteiger partial charge in [-0.05, 0) is 36.4 Å². The van der Waals surface area contributed by atoms with Crippen molar-refractivity contribution in [3.63, 3.8) is 0 Å². The molecule has 1 aromatic carbocycles. The van der Waals surface area contributed by atoms with E-state index in [9.17, 15) is 13.2 Å². The molecule has 0 spiro atoms. The molecule has 0 aliphatic carbocycles. The van der Waals surface area contributed by atoms with Gasteiger partial charge in [0.1, 0.15) is 5.82 Å². The molecule has 1 aromatic heterocycles. The van der Waals surface area contributed by atoms with E-state index >= 15 is 0 Å². The lowest BCUT2D eigenvalue weighted by molar-refractivity contribution is -0.141. The Morgan fingerprint density at radius 1 is 1.00 bits per heavy atom. The second kappa shape index (κ2) is 7.31. The predicted molar refractivity (Wildman–Crippen MR) is 77.3 cm³/mol. The monoisotopic (exact) mass is 313 g/mol. The first-order valence-electron chi connectivity index (χ1n) is 6.38. The maximum Gasteiger partial charge on any atom is 0.435 e. The van der Waals surface area contributed by atoms with Crippen molar-refractivity contribution in [1.29, 1.82) is 0 Å². The SMILES string of the molecule is FC(F)(F)c1ccc(NCCCSc2ccccc2)nn1. The van der Waals surface area contributed by atoms with E-state index in [1.165, 1.54) is 11.0 Å². The molecular formula is C14H14F3N3S. The van der Waals surface area contributed by atoms with Gasteiger partial charge in [-0.2, -0.15) is 13.2 Å². The summed E-state index contributed by atoms with van der Waals surface area (Å²) >= 11 is 1.74. The lowest BCUT2D eigenvalue weighted by Gasteiger charge is -2.07. The van der Waals surface area contributed by atoms with Crippen molar-refractivity contribution in [1.82, 2.24) is 10.2 Å². The molecule has 0 saturated carbocycles. The Morgan fingerprint density at radius 3 is 2.38 bits per heavy atom. The van der Waals surface area contributed by atoms with Gasteiger partial charge in [-0.25, -0.2) is 0 Å². The summed E-state index contributed by atoms with van der Waals surface area (Å²) in [5.41, 5.74) is -0.979. The molecule has 0 amide bonds. The van der Waals surface area contributed by atoms with Gasteiger partial charge in [0.05, 0.1) is 0 Å². The molecular weight excluding hydrogens is 299 g/mol. The van der Waals surface area contributed by atoms with Crippen molar-refractivity contribution in [2.24, 2.45) is 0 Å². The fraction of sp³-hybridized carbons (Fsp3) is 0.286. The van der Waals surface area contributed by atoms with Crippen molar-refractivity contribution in [2.75, 3.05) is 17.6 Å². The van der Waals surface area contributed by atoms with Crippen molar-refractivity contribution in [3.8, 4) is 0 Å². The Balaban J connectivity index is 1.69. The summed E-state index contributed by atoms with van der Waals surface area (Å²) in [6, 6.07) is 12.2. The molecule has 3 nitrogen and oxygen atoms in total. The number of aromatic nitrogens is 2. The van der Waals surface area contributed by atoms with Crippen LogP contribution in [0.25, 0.3) is 0 Å². The van der Waals surface area contributed by atoms with Crippen LogP contribution in [-0.4, -0.2) is 22.5 Å². The number of nitrogens with one attached hydrogen (secondary N) is 1. The highest BCUT2D eigenvalue weighted by Crippen LogP contribution is 2.27. The highest BCUT2D eigenvalue weighted by Gasteiger charge is 2.32. The van der Waals surface area contributed by atoms with Crippen LogP contribution in [-0.2, 0) is 6.18 Å². The standard InChI is InChI=1S/C14H14F3N3S/c15-14(16,17)12-7-8-13(20-19-12)18-9-4-10-21-11-5-2-1-3-6-11/h1-3,5-8H,4,9-10H2,(H,18,20). The zero-order chi connectivity index (χ0) is 15.1. The number of nitrogens with zero attached hydrogens (tertiary/aromatic N) is 2. The summed E-state index contributed by atoms with van der Waals surface area (Å²) in [6.07, 6.45) is -3.57. The van der Waals surface area contributed by atoms with E-state index in [4.69, 9.17) is 0 Å². The molecule has 1 N–H and O–H groups in total. The second-order valence-electron chi connectivity index (χ2n) is 4.24. The molecule has 2 rings (SSSR count). The Hall–Kier alpha value is -1.76. The minimum atomic E-state index is -4.45. The van der Waals surface area contributed by atoms with Gasteiger partial charge in [0.15, 0.2) is 5.69 Å². The highest BCUT2D eigenvalue weighted by molar-refractivity contribution is 7.99. The van der Waals surface area contributed by atoms with E-state index in [0.29, 0.717) is 12.4 Å². The molecule has 1 heterocycles. The van der Waals surface area contributed by atoms with E-state index in [1.54, 1.807) is 11.8 Å². The first kappa shape index (κ1) is 15.6. The number of rotatable bonds is 6. The fourth-order valence-corrected chi connectivity index (χ4v) is 2.45. The number of hydrogen-bond donors (Lipinski definition) is 1. The zero-order valence-corrected chi connectivity index (χ0v) is 11.9. The van der Waals surface area contributed by atoms with Gasteiger partial charge >= 0.3 is 6.18 Å². The Labute approximate surface area is 125 Å². The summed E-state index contributed by atoms with van der Waals surface area (Å²) in [4.78, 5) is 1.20. The summed E-state index contributed by atoms with van der Waals surface area (Å²) in [5, 5.41) is 9.62. The number of anilines is 1. The molecule has 0 bridgehead atoms. The third-order valence-electron chi connectivity index (χ3n) is 2.59. The topological polar surface area (TPSA) is 37.8 Å². The van der Waals surface area contributed by atoms with Crippen LogP contribution in [0.1, 0.15) is 12.1 Å². The smallest absolute Gasteiger partial charge is 0.369 e. The Bertz CT molecular complexity index is 544. The van der Waals surface area contributed by atoms with Crippen LogP contribution < -0.4 is 5.32 Å². The molecule has 0 aliphatic rings. The van der Waals surface area contributed by atoms with Gasteiger partial charge in [0.2, 0.25) is 0 Å². The molecule has 21 heavy (non-hydrogen) atoms. The molecule has 0 fully saturated rings. The average Bonchev–Trinajstić information content (AvgIpc) is 2.47. The number of hydrogen-bond acceptors (Lipinski definition) is 4. The van der Waals surface area contributed by atoms with E-state index in [0.717, 1.165) is 18.2 Å². The minimum Gasteiger partial charge on any atom is -0.369 e. The average molecular weight is 313 g/mol. The maximum absolute atomic E-state index is 12.3. The Morgan fingerprint density at radius 2 is 1.76 bits per heavy atom.